The number of halogens is 1. The summed E-state index contributed by atoms with van der Waals surface area (Å²) in [5.74, 6) is -0.958. The number of aromatic nitrogens is 2. The molecule has 31 heavy (non-hydrogen) atoms. The van der Waals surface area contributed by atoms with Crippen molar-refractivity contribution in [3.8, 4) is 0 Å². The van der Waals surface area contributed by atoms with E-state index in [1.165, 1.54) is 23.9 Å². The lowest BCUT2D eigenvalue weighted by Crippen LogP contribution is -2.46. The third-order valence-corrected chi connectivity index (χ3v) is 6.61. The number of hydrogen-bond donors (Lipinski definition) is 3. The summed E-state index contributed by atoms with van der Waals surface area (Å²) < 4.78 is 29.8. The van der Waals surface area contributed by atoms with Crippen LogP contribution in [0.1, 0.15) is 39.3 Å². The van der Waals surface area contributed by atoms with E-state index in [2.05, 4.69) is 20.8 Å². The number of nitrogens with one attached hydrogen (secondary N) is 3. The lowest BCUT2D eigenvalue weighted by atomic mass is 10.1. The molecule has 3 N–H and O–H groups in total. The number of methoxy groups -OCH3 is 1. The minimum atomic E-state index is -3.24. The van der Waals surface area contributed by atoms with Crippen LogP contribution in [0.15, 0.2) is 24.4 Å². The molecule has 0 unspecified atom stereocenters. The Kier molecular flexibility index (Phi) is 7.31. The number of H-pyrrole nitrogens is 1. The number of hydrogen-bond acceptors (Lipinski definition) is 6. The van der Waals surface area contributed by atoms with Gasteiger partial charge in [-0.25, -0.2) is 12.7 Å². The first-order chi connectivity index (χ1) is 14.7. The Morgan fingerprint density at radius 2 is 2.00 bits per heavy atom. The summed E-state index contributed by atoms with van der Waals surface area (Å²) in [5.41, 5.74) is 1.10. The van der Waals surface area contributed by atoms with Crippen LogP contribution in [0.5, 0.6) is 0 Å². The molecule has 0 radical (unpaired) electrons. The van der Waals surface area contributed by atoms with Crippen molar-refractivity contribution in [2.24, 2.45) is 0 Å². The standard InChI is InChI=1S/C19H24ClN5O5S/c1-30-11-12-4-3-5-14(20)16(12)18(26)23-15-10-21-24-17(15)19(27)22-13-6-8-25(9-7-13)31(2,28)29/h3-5,10,13H,6-9,11H2,1-2H3,(H,21,24)(H,22,27)(H,23,26). The van der Waals surface area contributed by atoms with Gasteiger partial charge in [0.25, 0.3) is 11.8 Å². The highest BCUT2D eigenvalue weighted by molar-refractivity contribution is 7.88. The molecular weight excluding hydrogens is 446 g/mol. The van der Waals surface area contributed by atoms with Gasteiger partial charge >= 0.3 is 0 Å². The predicted octanol–water partition coefficient (Wildman–Crippen LogP) is 1.62. The van der Waals surface area contributed by atoms with Crippen LogP contribution in [-0.2, 0) is 21.4 Å². The molecule has 2 amide bonds. The van der Waals surface area contributed by atoms with Crippen LogP contribution < -0.4 is 10.6 Å². The van der Waals surface area contributed by atoms with Crippen molar-refractivity contribution >= 4 is 39.1 Å². The second kappa shape index (κ2) is 9.77. The highest BCUT2D eigenvalue weighted by atomic mass is 35.5. The van der Waals surface area contributed by atoms with Gasteiger partial charge in [-0.05, 0) is 24.5 Å². The number of benzene rings is 1. The van der Waals surface area contributed by atoms with Gasteiger partial charge in [0, 0.05) is 32.4 Å². The summed E-state index contributed by atoms with van der Waals surface area (Å²) in [6.45, 7) is 0.875. The van der Waals surface area contributed by atoms with E-state index in [1.807, 2.05) is 0 Å². The van der Waals surface area contributed by atoms with Gasteiger partial charge in [0.15, 0.2) is 5.69 Å². The van der Waals surface area contributed by atoms with Crippen molar-refractivity contribution in [3.05, 3.63) is 46.2 Å². The number of ether oxygens (including phenoxy) is 1. The third kappa shape index (κ3) is 5.62. The molecule has 0 aliphatic carbocycles. The van der Waals surface area contributed by atoms with E-state index < -0.39 is 21.8 Å². The molecule has 0 saturated carbocycles. The quantitative estimate of drug-likeness (QED) is 0.564. The Morgan fingerprint density at radius 3 is 2.65 bits per heavy atom. The van der Waals surface area contributed by atoms with Gasteiger partial charge in [-0.2, -0.15) is 5.10 Å². The Bertz CT molecular complexity index is 1060. The number of carbonyl (C=O) groups excluding carboxylic acids is 2. The predicted molar refractivity (Wildman–Crippen MR) is 116 cm³/mol. The summed E-state index contributed by atoms with van der Waals surface area (Å²) in [7, 11) is -1.73. The first kappa shape index (κ1) is 23.2. The average molecular weight is 470 g/mol. The van der Waals surface area contributed by atoms with E-state index >= 15 is 0 Å². The van der Waals surface area contributed by atoms with Gasteiger partial charge in [0.05, 0.1) is 29.1 Å². The summed E-state index contributed by atoms with van der Waals surface area (Å²) in [4.78, 5) is 25.5. The maximum atomic E-state index is 12.8. The molecule has 1 aromatic heterocycles. The topological polar surface area (TPSA) is 133 Å². The van der Waals surface area contributed by atoms with Crippen molar-refractivity contribution in [1.29, 1.82) is 0 Å². The van der Waals surface area contributed by atoms with Gasteiger partial charge in [0.2, 0.25) is 10.0 Å². The third-order valence-electron chi connectivity index (χ3n) is 4.99. The monoisotopic (exact) mass is 469 g/mol. The molecule has 0 spiro atoms. The van der Waals surface area contributed by atoms with Crippen molar-refractivity contribution in [3.63, 3.8) is 0 Å². The lowest BCUT2D eigenvalue weighted by Gasteiger charge is -2.30. The number of nitrogens with zero attached hydrogens (tertiary/aromatic N) is 2. The fourth-order valence-corrected chi connectivity index (χ4v) is 4.58. The highest BCUT2D eigenvalue weighted by Crippen LogP contribution is 2.23. The molecule has 12 heteroatoms. The Hall–Kier alpha value is -2.47. The molecule has 10 nitrogen and oxygen atoms in total. The number of anilines is 1. The molecule has 1 aliphatic rings. The molecule has 2 heterocycles. The number of aromatic amines is 1. The van der Waals surface area contributed by atoms with Crippen LogP contribution in [0, 0.1) is 0 Å². The Labute approximate surface area is 185 Å². The summed E-state index contributed by atoms with van der Waals surface area (Å²) in [6, 6.07) is 4.86. The molecule has 1 fully saturated rings. The van der Waals surface area contributed by atoms with E-state index in [0.717, 1.165) is 0 Å². The van der Waals surface area contributed by atoms with E-state index in [4.69, 9.17) is 16.3 Å². The molecule has 1 saturated heterocycles. The molecule has 168 valence electrons. The second-order valence-electron chi connectivity index (χ2n) is 7.22. The molecule has 0 atom stereocenters. The fraction of sp³-hybridized carbons (Fsp3) is 0.421. The van der Waals surface area contributed by atoms with Crippen LogP contribution >= 0.6 is 11.6 Å². The number of carbonyl (C=O) groups is 2. The van der Waals surface area contributed by atoms with E-state index in [0.29, 0.717) is 31.5 Å². The van der Waals surface area contributed by atoms with Gasteiger partial charge in [-0.3, -0.25) is 14.7 Å². The number of piperidine rings is 1. The number of amides is 2. The number of sulfonamides is 1. The van der Waals surface area contributed by atoms with Crippen LogP contribution in [0.3, 0.4) is 0 Å². The van der Waals surface area contributed by atoms with Gasteiger partial charge in [-0.15, -0.1) is 0 Å². The molecular formula is C19H24ClN5O5S. The average Bonchev–Trinajstić information content (AvgIpc) is 3.16. The fourth-order valence-electron chi connectivity index (χ4n) is 3.43. The molecule has 1 aromatic carbocycles. The molecule has 0 bridgehead atoms. The maximum absolute atomic E-state index is 12.8. The maximum Gasteiger partial charge on any atom is 0.274 e. The van der Waals surface area contributed by atoms with E-state index in [1.54, 1.807) is 18.2 Å². The summed E-state index contributed by atoms with van der Waals surface area (Å²) in [5, 5.41) is 12.3. The molecule has 1 aliphatic heterocycles. The zero-order valence-corrected chi connectivity index (χ0v) is 18.7. The number of rotatable bonds is 7. The zero-order chi connectivity index (χ0) is 22.6. The second-order valence-corrected chi connectivity index (χ2v) is 9.61. The SMILES string of the molecule is COCc1cccc(Cl)c1C(=O)Nc1c[nH]nc1C(=O)NC1CCN(S(C)(=O)=O)CC1. The van der Waals surface area contributed by atoms with E-state index in [-0.39, 0.29) is 34.6 Å². The van der Waals surface area contributed by atoms with Crippen molar-refractivity contribution < 1.29 is 22.7 Å². The van der Waals surface area contributed by atoms with Gasteiger partial charge in [-0.1, -0.05) is 23.7 Å². The minimum absolute atomic E-state index is 0.0271. The van der Waals surface area contributed by atoms with Crippen molar-refractivity contribution in [2.75, 3.05) is 31.8 Å². The van der Waals surface area contributed by atoms with Gasteiger partial charge in [0.1, 0.15) is 0 Å². The smallest absolute Gasteiger partial charge is 0.274 e. The molecule has 3 rings (SSSR count). The lowest BCUT2D eigenvalue weighted by molar-refractivity contribution is 0.0919. The summed E-state index contributed by atoms with van der Waals surface area (Å²) >= 11 is 6.21. The minimum Gasteiger partial charge on any atom is -0.380 e. The van der Waals surface area contributed by atoms with Gasteiger partial charge < -0.3 is 15.4 Å². The van der Waals surface area contributed by atoms with Crippen molar-refractivity contribution in [1.82, 2.24) is 19.8 Å². The van der Waals surface area contributed by atoms with E-state index in [9.17, 15) is 18.0 Å². The van der Waals surface area contributed by atoms with Crippen LogP contribution in [0.4, 0.5) is 5.69 Å². The van der Waals surface area contributed by atoms with Crippen LogP contribution in [0.2, 0.25) is 5.02 Å². The first-order valence-electron chi connectivity index (χ1n) is 9.58. The normalized spacial score (nSPS) is 15.6. The first-order valence-corrected chi connectivity index (χ1v) is 11.8. The zero-order valence-electron chi connectivity index (χ0n) is 17.1. The molecule has 2 aromatic rings. The Balaban J connectivity index is 1.68. The van der Waals surface area contributed by atoms with Crippen LogP contribution in [0.25, 0.3) is 0 Å². The highest BCUT2D eigenvalue weighted by Gasteiger charge is 2.27. The summed E-state index contributed by atoms with van der Waals surface area (Å²) in [6.07, 6.45) is 3.56. The Morgan fingerprint density at radius 1 is 1.29 bits per heavy atom. The van der Waals surface area contributed by atoms with Crippen molar-refractivity contribution in [2.45, 2.75) is 25.5 Å². The van der Waals surface area contributed by atoms with Crippen LogP contribution in [-0.4, -0.2) is 67.2 Å². The largest absolute Gasteiger partial charge is 0.380 e.